The largest absolute Gasteiger partial charge is 0.385 e. The van der Waals surface area contributed by atoms with Crippen molar-refractivity contribution in [2.45, 2.75) is 65.4 Å². The summed E-state index contributed by atoms with van der Waals surface area (Å²) in [4.78, 5) is 12.1. The summed E-state index contributed by atoms with van der Waals surface area (Å²) >= 11 is 0. The zero-order valence-electron chi connectivity index (χ0n) is 14.7. The van der Waals surface area contributed by atoms with Gasteiger partial charge in [0.2, 0.25) is 0 Å². The van der Waals surface area contributed by atoms with E-state index in [0.717, 1.165) is 18.8 Å². The van der Waals surface area contributed by atoms with Crippen LogP contribution in [0.1, 0.15) is 59.3 Å². The van der Waals surface area contributed by atoms with Crippen molar-refractivity contribution in [2.24, 2.45) is 34.5 Å². The Bertz CT molecular complexity index is 589. The molecule has 23 heavy (non-hydrogen) atoms. The zero-order chi connectivity index (χ0) is 16.4. The molecule has 0 bridgehead atoms. The van der Waals surface area contributed by atoms with E-state index in [4.69, 9.17) is 0 Å². The summed E-state index contributed by atoms with van der Waals surface area (Å²) in [7, 11) is 0. The standard InChI is InChI=1S/C21H30O2/c1-13(22)17-6-7-18-16-5-4-14-12-15(23)8-10-20(14,2)19(16)9-11-21(17,18)3/h8,10,12,15-19,23H,4-7,9,11H2,1-3H3. The molecule has 0 amide bonds. The van der Waals surface area contributed by atoms with E-state index < -0.39 is 6.10 Å². The van der Waals surface area contributed by atoms with Crippen LogP contribution in [0, 0.1) is 34.5 Å². The van der Waals surface area contributed by atoms with E-state index in [2.05, 4.69) is 26.0 Å². The minimum atomic E-state index is -0.392. The molecule has 0 aliphatic heterocycles. The molecule has 0 spiro atoms. The number of hydrogen-bond acceptors (Lipinski definition) is 2. The van der Waals surface area contributed by atoms with E-state index in [1.165, 1.54) is 31.3 Å². The number of aliphatic hydroxyl groups excluding tert-OH is 1. The fraction of sp³-hybridized carbons (Fsp3) is 0.762. The van der Waals surface area contributed by atoms with Gasteiger partial charge in [0, 0.05) is 11.3 Å². The lowest BCUT2D eigenvalue weighted by molar-refractivity contribution is -0.127. The molecule has 1 N–H and O–H groups in total. The average molecular weight is 314 g/mol. The highest BCUT2D eigenvalue weighted by molar-refractivity contribution is 5.79. The van der Waals surface area contributed by atoms with Crippen LogP contribution in [-0.4, -0.2) is 17.0 Å². The van der Waals surface area contributed by atoms with Gasteiger partial charge in [-0.1, -0.05) is 37.6 Å². The van der Waals surface area contributed by atoms with Gasteiger partial charge in [0.25, 0.3) is 0 Å². The van der Waals surface area contributed by atoms with Crippen LogP contribution in [0.15, 0.2) is 23.8 Å². The second-order valence-corrected chi connectivity index (χ2v) is 9.02. The predicted octanol–water partition coefficient (Wildman–Crippen LogP) is 4.29. The van der Waals surface area contributed by atoms with E-state index in [9.17, 15) is 9.90 Å². The van der Waals surface area contributed by atoms with E-state index in [1.54, 1.807) is 6.92 Å². The molecule has 0 saturated heterocycles. The van der Waals surface area contributed by atoms with Crippen molar-refractivity contribution < 1.29 is 9.90 Å². The molecule has 2 nitrogen and oxygen atoms in total. The Balaban J connectivity index is 1.67. The first-order valence-corrected chi connectivity index (χ1v) is 9.45. The lowest BCUT2D eigenvalue weighted by atomic mass is 9.47. The van der Waals surface area contributed by atoms with Gasteiger partial charge in [-0.25, -0.2) is 0 Å². The van der Waals surface area contributed by atoms with Gasteiger partial charge < -0.3 is 5.11 Å². The molecule has 7 atom stereocenters. The summed E-state index contributed by atoms with van der Waals surface area (Å²) < 4.78 is 0. The maximum Gasteiger partial charge on any atom is 0.133 e. The Kier molecular flexibility index (Phi) is 3.43. The minimum absolute atomic E-state index is 0.137. The maximum absolute atomic E-state index is 12.1. The molecule has 126 valence electrons. The number of rotatable bonds is 1. The summed E-state index contributed by atoms with van der Waals surface area (Å²) in [5.74, 6) is 2.86. The van der Waals surface area contributed by atoms with E-state index in [-0.39, 0.29) is 10.8 Å². The summed E-state index contributed by atoms with van der Waals surface area (Å²) in [5, 5.41) is 9.94. The monoisotopic (exact) mass is 314 g/mol. The van der Waals surface area contributed by atoms with Crippen LogP contribution < -0.4 is 0 Å². The van der Waals surface area contributed by atoms with Crippen LogP contribution >= 0.6 is 0 Å². The zero-order valence-corrected chi connectivity index (χ0v) is 14.7. The first kappa shape index (κ1) is 15.6. The van der Waals surface area contributed by atoms with Crippen LogP contribution in [0.4, 0.5) is 0 Å². The molecule has 0 aromatic carbocycles. The fourth-order valence-electron chi connectivity index (χ4n) is 6.99. The maximum atomic E-state index is 12.1. The third-order valence-electron chi connectivity index (χ3n) is 8.15. The van der Waals surface area contributed by atoms with Gasteiger partial charge in [0.05, 0.1) is 6.10 Å². The van der Waals surface area contributed by atoms with Gasteiger partial charge in [-0.05, 0) is 68.6 Å². The fourth-order valence-corrected chi connectivity index (χ4v) is 6.99. The Hall–Kier alpha value is -0.890. The number of carbonyl (C=O) groups is 1. The van der Waals surface area contributed by atoms with Gasteiger partial charge in [0.15, 0.2) is 0 Å². The molecule has 4 aliphatic rings. The molecule has 0 radical (unpaired) electrons. The van der Waals surface area contributed by atoms with Crippen molar-refractivity contribution in [1.29, 1.82) is 0 Å². The molecule has 7 unspecified atom stereocenters. The smallest absolute Gasteiger partial charge is 0.133 e. The molecular formula is C21H30O2. The second-order valence-electron chi connectivity index (χ2n) is 9.02. The van der Waals surface area contributed by atoms with Crippen LogP contribution in [0.5, 0.6) is 0 Å². The molecule has 4 aliphatic carbocycles. The van der Waals surface area contributed by atoms with Gasteiger partial charge in [0.1, 0.15) is 5.78 Å². The second kappa shape index (κ2) is 5.05. The van der Waals surface area contributed by atoms with Crippen LogP contribution in [0.3, 0.4) is 0 Å². The third kappa shape index (κ3) is 2.06. The number of allylic oxidation sites excluding steroid dienone is 2. The first-order chi connectivity index (χ1) is 10.9. The average Bonchev–Trinajstić information content (AvgIpc) is 2.85. The van der Waals surface area contributed by atoms with Gasteiger partial charge in [-0.15, -0.1) is 0 Å². The molecule has 2 heteroatoms. The topological polar surface area (TPSA) is 37.3 Å². The van der Waals surface area contributed by atoms with Crippen molar-refractivity contribution in [1.82, 2.24) is 0 Å². The number of aliphatic hydroxyl groups is 1. The Morgan fingerprint density at radius 2 is 1.96 bits per heavy atom. The molecule has 0 aromatic heterocycles. The minimum Gasteiger partial charge on any atom is -0.385 e. The SMILES string of the molecule is CC(=O)C1CCC2C3CCC4=CC(O)C=CC4(C)C3CCC12C. The molecular weight excluding hydrogens is 284 g/mol. The normalized spacial score (nSPS) is 51.5. The number of Topliss-reactive ketones (excluding diaryl/α,β-unsaturated/α-hetero) is 1. The highest BCUT2D eigenvalue weighted by atomic mass is 16.3. The molecule has 3 saturated carbocycles. The van der Waals surface area contributed by atoms with Crippen LogP contribution in [-0.2, 0) is 4.79 Å². The van der Waals surface area contributed by atoms with E-state index in [1.807, 2.05) is 6.08 Å². The molecule has 0 aromatic rings. The third-order valence-corrected chi connectivity index (χ3v) is 8.15. The Morgan fingerprint density at radius 1 is 1.17 bits per heavy atom. The molecule has 0 heterocycles. The first-order valence-electron chi connectivity index (χ1n) is 9.45. The van der Waals surface area contributed by atoms with Crippen molar-refractivity contribution in [3.63, 3.8) is 0 Å². The number of hydrogen-bond donors (Lipinski definition) is 1. The summed E-state index contributed by atoms with van der Waals surface area (Å²) in [6, 6.07) is 0. The van der Waals surface area contributed by atoms with Crippen molar-refractivity contribution >= 4 is 5.78 Å². The van der Waals surface area contributed by atoms with Crippen molar-refractivity contribution in [3.8, 4) is 0 Å². The van der Waals surface area contributed by atoms with E-state index in [0.29, 0.717) is 23.5 Å². The summed E-state index contributed by atoms with van der Waals surface area (Å²) in [6.07, 6.45) is 13.1. The van der Waals surface area contributed by atoms with E-state index >= 15 is 0 Å². The van der Waals surface area contributed by atoms with Gasteiger partial charge >= 0.3 is 0 Å². The van der Waals surface area contributed by atoms with Crippen LogP contribution in [0.2, 0.25) is 0 Å². The predicted molar refractivity (Wildman–Crippen MR) is 91.8 cm³/mol. The van der Waals surface area contributed by atoms with Crippen molar-refractivity contribution in [2.75, 3.05) is 0 Å². The number of ketones is 1. The highest BCUT2D eigenvalue weighted by Crippen LogP contribution is 2.66. The lowest BCUT2D eigenvalue weighted by Crippen LogP contribution is -2.50. The summed E-state index contributed by atoms with van der Waals surface area (Å²) in [5.41, 5.74) is 1.83. The van der Waals surface area contributed by atoms with Gasteiger partial charge in [-0.3, -0.25) is 4.79 Å². The molecule has 3 fully saturated rings. The van der Waals surface area contributed by atoms with Crippen LogP contribution in [0.25, 0.3) is 0 Å². The number of carbonyl (C=O) groups excluding carboxylic acids is 1. The quantitative estimate of drug-likeness (QED) is 0.733. The Morgan fingerprint density at radius 3 is 2.70 bits per heavy atom. The van der Waals surface area contributed by atoms with Crippen molar-refractivity contribution in [3.05, 3.63) is 23.8 Å². The van der Waals surface area contributed by atoms with Gasteiger partial charge in [-0.2, -0.15) is 0 Å². The Labute approximate surface area is 140 Å². The summed E-state index contributed by atoms with van der Waals surface area (Å²) in [6.45, 7) is 6.60. The lowest BCUT2D eigenvalue weighted by Gasteiger charge is -2.57. The highest BCUT2D eigenvalue weighted by Gasteiger charge is 2.59. The number of fused-ring (bicyclic) bond motifs is 5. The molecule has 4 rings (SSSR count).